The summed E-state index contributed by atoms with van der Waals surface area (Å²) in [6.07, 6.45) is 0. The van der Waals surface area contributed by atoms with Crippen molar-refractivity contribution in [2.75, 3.05) is 5.73 Å². The Labute approximate surface area is 59.3 Å². The first kappa shape index (κ1) is 6.89. The molecular formula is C7H10N2O. The molecule has 0 saturated carbocycles. The normalized spacial score (nSPS) is 9.70. The summed E-state index contributed by atoms with van der Waals surface area (Å²) >= 11 is 0. The third kappa shape index (κ3) is 1.19. The molecule has 0 fully saturated rings. The van der Waals surface area contributed by atoms with Crippen LogP contribution in [0.3, 0.4) is 0 Å². The maximum atomic E-state index is 9.10. The molecule has 54 valence electrons. The lowest BCUT2D eigenvalue weighted by Gasteiger charge is -2.00. The van der Waals surface area contributed by atoms with E-state index in [1.165, 1.54) is 6.07 Å². The van der Waals surface area contributed by atoms with Crippen LogP contribution in [-0.4, -0.2) is 5.11 Å². The Morgan fingerprint density at radius 2 is 2.10 bits per heavy atom. The van der Waals surface area contributed by atoms with Gasteiger partial charge in [-0.25, -0.2) is 0 Å². The molecule has 0 bridgehead atoms. The highest BCUT2D eigenvalue weighted by atomic mass is 16.3. The molecule has 0 heterocycles. The third-order valence-electron chi connectivity index (χ3n) is 1.32. The zero-order chi connectivity index (χ0) is 7.56. The fourth-order valence-corrected chi connectivity index (χ4v) is 0.769. The summed E-state index contributed by atoms with van der Waals surface area (Å²) in [6.45, 7) is 0.316. The van der Waals surface area contributed by atoms with Gasteiger partial charge in [0.25, 0.3) is 0 Å². The van der Waals surface area contributed by atoms with Crippen LogP contribution in [0.1, 0.15) is 5.56 Å². The van der Waals surface area contributed by atoms with E-state index >= 15 is 0 Å². The molecule has 0 spiro atoms. The monoisotopic (exact) mass is 138 g/mol. The number of hydrogen-bond donors (Lipinski definition) is 3. The highest BCUT2D eigenvalue weighted by Gasteiger charge is 1.96. The Morgan fingerprint density at radius 1 is 1.40 bits per heavy atom. The first-order valence-corrected chi connectivity index (χ1v) is 3.01. The fourth-order valence-electron chi connectivity index (χ4n) is 0.769. The van der Waals surface area contributed by atoms with Crippen molar-refractivity contribution >= 4 is 5.69 Å². The standard InChI is InChI=1S/C7H10N2O/c8-4-5-3-6(9)1-2-7(5)10/h1-3,10H,4,8-9H2. The van der Waals surface area contributed by atoms with Gasteiger partial charge in [0.1, 0.15) is 5.75 Å². The highest BCUT2D eigenvalue weighted by Crippen LogP contribution is 2.18. The maximum absolute atomic E-state index is 9.10. The molecule has 0 aliphatic carbocycles. The van der Waals surface area contributed by atoms with E-state index in [1.54, 1.807) is 12.1 Å². The summed E-state index contributed by atoms with van der Waals surface area (Å²) in [7, 11) is 0. The smallest absolute Gasteiger partial charge is 0.120 e. The molecule has 1 aromatic carbocycles. The Bertz CT molecular complexity index is 235. The van der Waals surface area contributed by atoms with Crippen molar-refractivity contribution in [3.63, 3.8) is 0 Å². The Balaban J connectivity index is 3.09. The van der Waals surface area contributed by atoms with Gasteiger partial charge in [-0.2, -0.15) is 0 Å². The van der Waals surface area contributed by atoms with Crippen LogP contribution in [0.2, 0.25) is 0 Å². The van der Waals surface area contributed by atoms with Crippen molar-refractivity contribution in [2.45, 2.75) is 6.54 Å². The largest absolute Gasteiger partial charge is 0.508 e. The minimum absolute atomic E-state index is 0.205. The molecule has 3 heteroatoms. The molecule has 0 saturated heterocycles. The number of anilines is 1. The van der Waals surface area contributed by atoms with Crippen molar-refractivity contribution in [1.29, 1.82) is 0 Å². The SMILES string of the molecule is NCc1cc(N)ccc1O. The molecule has 0 amide bonds. The molecule has 3 nitrogen and oxygen atoms in total. The molecule has 0 aliphatic heterocycles. The Kier molecular flexibility index (Phi) is 1.78. The number of nitrogen functional groups attached to an aromatic ring is 1. The van der Waals surface area contributed by atoms with Crippen molar-refractivity contribution in [2.24, 2.45) is 5.73 Å². The fraction of sp³-hybridized carbons (Fsp3) is 0.143. The summed E-state index contributed by atoms with van der Waals surface area (Å²) in [4.78, 5) is 0. The average molecular weight is 138 g/mol. The van der Waals surface area contributed by atoms with Crippen LogP contribution in [0.4, 0.5) is 5.69 Å². The topological polar surface area (TPSA) is 72.3 Å². The van der Waals surface area contributed by atoms with Crippen LogP contribution in [0.25, 0.3) is 0 Å². The average Bonchev–Trinajstić information content (AvgIpc) is 1.94. The van der Waals surface area contributed by atoms with Crippen LogP contribution in [-0.2, 0) is 6.54 Å². The molecule has 0 aliphatic rings. The first-order chi connectivity index (χ1) is 4.74. The van der Waals surface area contributed by atoms with Crippen molar-refractivity contribution in [3.05, 3.63) is 23.8 Å². The molecule has 10 heavy (non-hydrogen) atoms. The van der Waals surface area contributed by atoms with Crippen LogP contribution in [0.15, 0.2) is 18.2 Å². The third-order valence-corrected chi connectivity index (χ3v) is 1.32. The Morgan fingerprint density at radius 3 is 2.60 bits per heavy atom. The van der Waals surface area contributed by atoms with Crippen LogP contribution >= 0.6 is 0 Å². The lowest BCUT2D eigenvalue weighted by Crippen LogP contribution is -1.97. The number of aromatic hydroxyl groups is 1. The number of phenolic OH excluding ortho intramolecular Hbond substituents is 1. The van der Waals surface area contributed by atoms with Crippen LogP contribution < -0.4 is 11.5 Å². The second kappa shape index (κ2) is 2.58. The Hall–Kier alpha value is -1.22. The van der Waals surface area contributed by atoms with Gasteiger partial charge in [0.05, 0.1) is 0 Å². The predicted molar refractivity (Wildman–Crippen MR) is 40.4 cm³/mol. The van der Waals surface area contributed by atoms with Gasteiger partial charge in [-0.15, -0.1) is 0 Å². The molecule has 0 unspecified atom stereocenters. The van der Waals surface area contributed by atoms with Crippen LogP contribution in [0.5, 0.6) is 5.75 Å². The van der Waals surface area contributed by atoms with Crippen molar-refractivity contribution in [3.8, 4) is 5.75 Å². The molecule has 0 radical (unpaired) electrons. The van der Waals surface area contributed by atoms with Gasteiger partial charge in [0.2, 0.25) is 0 Å². The van der Waals surface area contributed by atoms with E-state index in [9.17, 15) is 0 Å². The predicted octanol–water partition coefficient (Wildman–Crippen LogP) is 0.433. The van der Waals surface area contributed by atoms with Crippen molar-refractivity contribution in [1.82, 2.24) is 0 Å². The van der Waals surface area contributed by atoms with Gasteiger partial charge in [0.15, 0.2) is 0 Å². The summed E-state index contributed by atoms with van der Waals surface area (Å²) < 4.78 is 0. The summed E-state index contributed by atoms with van der Waals surface area (Å²) in [5.41, 5.74) is 12.0. The van der Waals surface area contributed by atoms with Gasteiger partial charge < -0.3 is 16.6 Å². The molecular weight excluding hydrogens is 128 g/mol. The summed E-state index contributed by atoms with van der Waals surface area (Å²) in [5, 5.41) is 9.10. The lowest BCUT2D eigenvalue weighted by atomic mass is 10.2. The zero-order valence-corrected chi connectivity index (χ0v) is 5.54. The number of rotatable bonds is 1. The lowest BCUT2D eigenvalue weighted by molar-refractivity contribution is 0.468. The van der Waals surface area contributed by atoms with Crippen molar-refractivity contribution < 1.29 is 5.11 Å². The van der Waals surface area contributed by atoms with Gasteiger partial charge in [-0.05, 0) is 18.2 Å². The van der Waals surface area contributed by atoms with E-state index in [0.29, 0.717) is 17.8 Å². The second-order valence-corrected chi connectivity index (χ2v) is 2.09. The summed E-state index contributed by atoms with van der Waals surface area (Å²) in [6, 6.07) is 4.83. The van der Waals surface area contributed by atoms with Gasteiger partial charge in [-0.3, -0.25) is 0 Å². The number of nitrogens with two attached hydrogens (primary N) is 2. The van der Waals surface area contributed by atoms with Crippen LogP contribution in [0, 0.1) is 0 Å². The van der Waals surface area contributed by atoms with Gasteiger partial charge in [-0.1, -0.05) is 0 Å². The molecule has 0 atom stereocenters. The molecule has 1 aromatic rings. The zero-order valence-electron chi connectivity index (χ0n) is 5.54. The molecule has 5 N–H and O–H groups in total. The number of phenols is 1. The molecule has 0 aromatic heterocycles. The van der Waals surface area contributed by atoms with E-state index in [0.717, 1.165) is 0 Å². The second-order valence-electron chi connectivity index (χ2n) is 2.09. The number of hydrogen-bond acceptors (Lipinski definition) is 3. The minimum Gasteiger partial charge on any atom is -0.508 e. The van der Waals surface area contributed by atoms with E-state index in [1.807, 2.05) is 0 Å². The highest BCUT2D eigenvalue weighted by molar-refractivity contribution is 5.47. The van der Waals surface area contributed by atoms with E-state index in [-0.39, 0.29) is 5.75 Å². The molecule has 1 rings (SSSR count). The van der Waals surface area contributed by atoms with Gasteiger partial charge >= 0.3 is 0 Å². The quantitative estimate of drug-likeness (QED) is 0.389. The maximum Gasteiger partial charge on any atom is 0.120 e. The minimum atomic E-state index is 0.205. The number of benzene rings is 1. The van der Waals surface area contributed by atoms with E-state index < -0.39 is 0 Å². The first-order valence-electron chi connectivity index (χ1n) is 3.01. The van der Waals surface area contributed by atoms with E-state index in [4.69, 9.17) is 16.6 Å². The van der Waals surface area contributed by atoms with Gasteiger partial charge in [0, 0.05) is 17.8 Å². The van der Waals surface area contributed by atoms with E-state index in [2.05, 4.69) is 0 Å². The summed E-state index contributed by atoms with van der Waals surface area (Å²) in [5.74, 6) is 0.205.